The van der Waals surface area contributed by atoms with Crippen LogP contribution in [0.3, 0.4) is 0 Å². The molecule has 2 aromatic rings. The third-order valence-electron chi connectivity index (χ3n) is 2.95. The van der Waals surface area contributed by atoms with Gasteiger partial charge in [0.2, 0.25) is 11.6 Å². The van der Waals surface area contributed by atoms with Gasteiger partial charge in [0.15, 0.2) is 10.4 Å². The van der Waals surface area contributed by atoms with Gasteiger partial charge >= 0.3 is 0 Å². The van der Waals surface area contributed by atoms with Gasteiger partial charge in [-0.3, -0.25) is 0 Å². The van der Waals surface area contributed by atoms with Gasteiger partial charge in [0.25, 0.3) is 5.89 Å². The zero-order valence-electron chi connectivity index (χ0n) is 9.84. The standard InChI is InChI=1S/C12H10BrN3O3/c13-10-2-1-9(18-10)11-15-8(5-14)12(19-11)16-4-3-7(17)6-16/h1-2,7,17H,3-4,6H2/t7-/m0/s1. The van der Waals surface area contributed by atoms with E-state index in [0.29, 0.717) is 35.8 Å². The Balaban J connectivity index is 1.97. The number of aliphatic hydroxyl groups excluding tert-OH is 1. The van der Waals surface area contributed by atoms with Gasteiger partial charge < -0.3 is 18.8 Å². The quantitative estimate of drug-likeness (QED) is 0.911. The van der Waals surface area contributed by atoms with E-state index in [1.807, 2.05) is 11.0 Å². The maximum absolute atomic E-state index is 9.54. The van der Waals surface area contributed by atoms with Gasteiger partial charge in [-0.15, -0.1) is 0 Å². The van der Waals surface area contributed by atoms with E-state index in [1.54, 1.807) is 12.1 Å². The van der Waals surface area contributed by atoms with Gasteiger partial charge in [-0.05, 0) is 34.5 Å². The fraction of sp³-hybridized carbons (Fsp3) is 0.333. The molecule has 3 heterocycles. The van der Waals surface area contributed by atoms with Crippen LogP contribution in [0.1, 0.15) is 12.1 Å². The van der Waals surface area contributed by atoms with Crippen LogP contribution in [0.15, 0.2) is 25.6 Å². The number of anilines is 1. The first-order valence-corrected chi connectivity index (χ1v) is 6.56. The Hall–Kier alpha value is -1.78. The Labute approximate surface area is 117 Å². The van der Waals surface area contributed by atoms with E-state index in [0.717, 1.165) is 0 Å². The second-order valence-electron chi connectivity index (χ2n) is 4.28. The van der Waals surface area contributed by atoms with Crippen LogP contribution in [0, 0.1) is 11.3 Å². The van der Waals surface area contributed by atoms with Crippen molar-refractivity contribution in [2.45, 2.75) is 12.5 Å². The lowest BCUT2D eigenvalue weighted by Crippen LogP contribution is -2.21. The average molecular weight is 324 g/mol. The number of β-amino-alcohol motifs (C(OH)–C–C–N with tert-alkyl or cyclic N) is 1. The first kappa shape index (κ1) is 12.3. The number of oxazole rings is 1. The summed E-state index contributed by atoms with van der Waals surface area (Å²) in [4.78, 5) is 5.93. The number of halogens is 1. The third kappa shape index (κ3) is 2.25. The summed E-state index contributed by atoms with van der Waals surface area (Å²) in [5.41, 5.74) is 0.205. The minimum Gasteiger partial charge on any atom is -0.444 e. The molecule has 98 valence electrons. The maximum atomic E-state index is 9.54. The molecule has 6 nitrogen and oxygen atoms in total. The molecule has 0 bridgehead atoms. The molecule has 19 heavy (non-hydrogen) atoms. The highest BCUT2D eigenvalue weighted by Gasteiger charge is 2.27. The van der Waals surface area contributed by atoms with Gasteiger partial charge in [-0.2, -0.15) is 10.2 Å². The summed E-state index contributed by atoms with van der Waals surface area (Å²) < 4.78 is 11.5. The highest BCUT2D eigenvalue weighted by molar-refractivity contribution is 9.10. The molecule has 3 rings (SSSR count). The van der Waals surface area contributed by atoms with E-state index < -0.39 is 6.10 Å². The van der Waals surface area contributed by atoms with Crippen molar-refractivity contribution in [3.63, 3.8) is 0 Å². The largest absolute Gasteiger partial charge is 0.444 e. The highest BCUT2D eigenvalue weighted by Crippen LogP contribution is 2.31. The number of hydrogen-bond acceptors (Lipinski definition) is 6. The Morgan fingerprint density at radius 1 is 1.47 bits per heavy atom. The molecule has 1 saturated heterocycles. The number of rotatable bonds is 2. The molecule has 1 aliphatic rings. The van der Waals surface area contributed by atoms with Gasteiger partial charge in [-0.25, -0.2) is 0 Å². The molecule has 0 amide bonds. The minimum atomic E-state index is -0.391. The number of furan rings is 1. The Kier molecular flexibility index (Phi) is 3.05. The molecule has 0 spiro atoms. The summed E-state index contributed by atoms with van der Waals surface area (Å²) in [6.07, 6.45) is 0.269. The van der Waals surface area contributed by atoms with Crippen molar-refractivity contribution in [2.24, 2.45) is 0 Å². The first-order valence-electron chi connectivity index (χ1n) is 5.77. The monoisotopic (exact) mass is 323 g/mol. The van der Waals surface area contributed by atoms with Crippen LogP contribution >= 0.6 is 15.9 Å². The Morgan fingerprint density at radius 3 is 2.89 bits per heavy atom. The smallest absolute Gasteiger partial charge is 0.266 e. The summed E-state index contributed by atoms with van der Waals surface area (Å²) >= 11 is 3.20. The van der Waals surface area contributed by atoms with Gasteiger partial charge in [0.05, 0.1) is 6.10 Å². The van der Waals surface area contributed by atoms with Crippen molar-refractivity contribution in [2.75, 3.05) is 18.0 Å². The highest BCUT2D eigenvalue weighted by atomic mass is 79.9. The second-order valence-corrected chi connectivity index (χ2v) is 5.06. The summed E-state index contributed by atoms with van der Waals surface area (Å²) in [5.74, 6) is 1.11. The summed E-state index contributed by atoms with van der Waals surface area (Å²) in [5, 5.41) is 18.6. The topological polar surface area (TPSA) is 86.4 Å². The van der Waals surface area contributed by atoms with Crippen molar-refractivity contribution in [1.82, 2.24) is 4.98 Å². The molecule has 2 aromatic heterocycles. The lowest BCUT2D eigenvalue weighted by Gasteiger charge is -2.12. The number of nitrogens with zero attached hydrogens (tertiary/aromatic N) is 3. The molecule has 7 heteroatoms. The molecule has 0 saturated carbocycles. The van der Waals surface area contributed by atoms with Gasteiger partial charge in [-0.1, -0.05) is 0 Å². The SMILES string of the molecule is N#Cc1nc(-c2ccc(Br)o2)oc1N1CC[C@H](O)C1. The zero-order valence-corrected chi connectivity index (χ0v) is 11.4. The summed E-state index contributed by atoms with van der Waals surface area (Å²) in [6.45, 7) is 1.09. The van der Waals surface area contributed by atoms with Crippen molar-refractivity contribution < 1.29 is 13.9 Å². The molecule has 0 aromatic carbocycles. The number of nitriles is 1. The fourth-order valence-electron chi connectivity index (χ4n) is 2.06. The van der Waals surface area contributed by atoms with Crippen molar-refractivity contribution >= 4 is 21.8 Å². The Bertz CT molecular complexity index is 643. The fourth-order valence-corrected chi connectivity index (χ4v) is 2.37. The van der Waals surface area contributed by atoms with Crippen LogP contribution in [0.25, 0.3) is 11.7 Å². The predicted octanol–water partition coefficient (Wildman–Crippen LogP) is 2.14. The molecule has 1 N–H and O–H groups in total. The van der Waals surface area contributed by atoms with Crippen LogP contribution in [0.2, 0.25) is 0 Å². The van der Waals surface area contributed by atoms with Crippen LogP contribution in [0.4, 0.5) is 5.88 Å². The summed E-state index contributed by atoms with van der Waals surface area (Å²) in [6, 6.07) is 5.44. The zero-order chi connectivity index (χ0) is 13.4. The van der Waals surface area contributed by atoms with E-state index in [-0.39, 0.29) is 11.6 Å². The molecule has 1 fully saturated rings. The van der Waals surface area contributed by atoms with Crippen molar-refractivity contribution in [3.05, 3.63) is 22.5 Å². The van der Waals surface area contributed by atoms with Gasteiger partial charge in [0.1, 0.15) is 6.07 Å². The third-order valence-corrected chi connectivity index (χ3v) is 3.38. The molecular weight excluding hydrogens is 314 g/mol. The van der Waals surface area contributed by atoms with Crippen LogP contribution in [0.5, 0.6) is 0 Å². The van der Waals surface area contributed by atoms with Crippen LogP contribution in [-0.4, -0.2) is 29.3 Å². The number of aromatic nitrogens is 1. The first-order chi connectivity index (χ1) is 9.17. The van der Waals surface area contributed by atoms with E-state index in [2.05, 4.69) is 20.9 Å². The van der Waals surface area contributed by atoms with E-state index in [9.17, 15) is 5.11 Å². The predicted molar refractivity (Wildman–Crippen MR) is 69.5 cm³/mol. The lowest BCUT2D eigenvalue weighted by atomic mass is 10.3. The minimum absolute atomic E-state index is 0.205. The molecule has 1 atom stereocenters. The molecular formula is C12H10BrN3O3. The van der Waals surface area contributed by atoms with E-state index >= 15 is 0 Å². The van der Waals surface area contributed by atoms with Gasteiger partial charge in [0, 0.05) is 13.1 Å². The molecule has 0 unspecified atom stereocenters. The van der Waals surface area contributed by atoms with Crippen LogP contribution in [-0.2, 0) is 0 Å². The number of aliphatic hydroxyl groups is 1. The second kappa shape index (κ2) is 4.72. The Morgan fingerprint density at radius 2 is 2.32 bits per heavy atom. The maximum Gasteiger partial charge on any atom is 0.266 e. The van der Waals surface area contributed by atoms with E-state index in [4.69, 9.17) is 14.1 Å². The average Bonchev–Trinajstić information content (AvgIpc) is 3.07. The summed E-state index contributed by atoms with van der Waals surface area (Å²) in [7, 11) is 0. The lowest BCUT2D eigenvalue weighted by molar-refractivity contribution is 0.198. The van der Waals surface area contributed by atoms with Crippen LogP contribution < -0.4 is 4.90 Å². The van der Waals surface area contributed by atoms with E-state index in [1.165, 1.54) is 0 Å². The van der Waals surface area contributed by atoms with Crippen molar-refractivity contribution in [1.29, 1.82) is 5.26 Å². The normalized spacial score (nSPS) is 18.8. The number of hydrogen-bond donors (Lipinski definition) is 1. The molecule has 0 aliphatic carbocycles. The van der Waals surface area contributed by atoms with Crippen molar-refractivity contribution in [3.8, 4) is 17.7 Å². The molecule has 1 aliphatic heterocycles. The molecule has 0 radical (unpaired) electrons.